The maximum Gasteiger partial charge on any atom is 0.344 e. The molecule has 4 heteroatoms. The van der Waals surface area contributed by atoms with Gasteiger partial charge in [-0.05, 0) is 86.5 Å². The summed E-state index contributed by atoms with van der Waals surface area (Å²) in [5.41, 5.74) is 0.323. The molecule has 0 spiro atoms. The summed E-state index contributed by atoms with van der Waals surface area (Å²) in [6, 6.07) is 6.77. The van der Waals surface area contributed by atoms with Gasteiger partial charge < -0.3 is 9.47 Å². The number of esters is 1. The van der Waals surface area contributed by atoms with E-state index in [1.807, 2.05) is 0 Å². The molecule has 1 aromatic carbocycles. The molecule has 4 aliphatic rings. The quantitative estimate of drug-likeness (QED) is 0.579. The first-order valence-electron chi connectivity index (χ1n) is 9.52. The van der Waals surface area contributed by atoms with Crippen LogP contribution in [-0.2, 0) is 9.53 Å². The Balaban J connectivity index is 1.39. The molecular weight excluding hydrogens is 316 g/mol. The van der Waals surface area contributed by atoms with Crippen LogP contribution in [0.4, 0.5) is 0 Å². The van der Waals surface area contributed by atoms with Gasteiger partial charge in [0, 0.05) is 5.56 Å². The van der Waals surface area contributed by atoms with Crippen LogP contribution in [0, 0.1) is 23.7 Å². The number of carbonyl (C=O) groups excluding carboxylic acids is 2. The summed E-state index contributed by atoms with van der Waals surface area (Å²) in [6.45, 7) is 2.09. The Kier molecular flexibility index (Phi) is 4.30. The molecule has 0 heterocycles. The van der Waals surface area contributed by atoms with Crippen molar-refractivity contribution < 1.29 is 19.1 Å². The predicted molar refractivity (Wildman–Crippen MR) is 93.5 cm³/mol. The second-order valence-electron chi connectivity index (χ2n) is 8.06. The topological polar surface area (TPSA) is 52.6 Å². The van der Waals surface area contributed by atoms with Gasteiger partial charge in [-0.3, -0.25) is 4.79 Å². The highest BCUT2D eigenvalue weighted by atomic mass is 16.6. The minimum atomic E-state index is -0.270. The van der Waals surface area contributed by atoms with Crippen molar-refractivity contribution in [3.8, 4) is 5.75 Å². The highest BCUT2D eigenvalue weighted by Crippen LogP contribution is 2.60. The number of benzene rings is 1. The van der Waals surface area contributed by atoms with Gasteiger partial charge in [0.2, 0.25) is 0 Å². The molecule has 4 aliphatic carbocycles. The maximum absolute atomic E-state index is 12.5. The van der Waals surface area contributed by atoms with E-state index in [0.29, 0.717) is 23.1 Å². The lowest BCUT2D eigenvalue weighted by molar-refractivity contribution is -0.212. The first-order valence-corrected chi connectivity index (χ1v) is 9.52. The Hall–Kier alpha value is -1.84. The number of hydrogen-bond acceptors (Lipinski definition) is 4. The van der Waals surface area contributed by atoms with Crippen molar-refractivity contribution in [2.75, 3.05) is 6.61 Å². The van der Waals surface area contributed by atoms with Crippen LogP contribution in [0.3, 0.4) is 0 Å². The van der Waals surface area contributed by atoms with Crippen LogP contribution < -0.4 is 4.74 Å². The van der Waals surface area contributed by atoms with Gasteiger partial charge in [0.25, 0.3) is 0 Å². The molecule has 0 saturated heterocycles. The smallest absolute Gasteiger partial charge is 0.344 e. The third-order valence-electron chi connectivity index (χ3n) is 6.75. The van der Waals surface area contributed by atoms with Gasteiger partial charge in [-0.2, -0.15) is 0 Å². The van der Waals surface area contributed by atoms with E-state index in [9.17, 15) is 9.59 Å². The Labute approximate surface area is 148 Å². The zero-order valence-electron chi connectivity index (χ0n) is 14.8. The summed E-state index contributed by atoms with van der Waals surface area (Å²) in [5, 5.41) is 0. The minimum absolute atomic E-state index is 0.0749. The zero-order chi connectivity index (χ0) is 17.4. The standard InChI is InChI=1S/C21H26O4/c1-2-21(17-8-15-7-16(10-17)11-18(21)9-15)25-20(23)13-24-19-5-3-14(12-22)4-6-19/h3-6,12,15-18H,2,7-11,13H2,1H3. The minimum Gasteiger partial charge on any atom is -0.482 e. The van der Waals surface area contributed by atoms with Gasteiger partial charge in [0.15, 0.2) is 6.61 Å². The Morgan fingerprint density at radius 3 is 2.20 bits per heavy atom. The van der Waals surface area contributed by atoms with Gasteiger partial charge in [-0.1, -0.05) is 6.92 Å². The molecule has 1 aromatic rings. The van der Waals surface area contributed by atoms with Crippen molar-refractivity contribution >= 4 is 12.3 Å². The third-order valence-corrected chi connectivity index (χ3v) is 6.75. The van der Waals surface area contributed by atoms with E-state index in [1.165, 1.54) is 32.1 Å². The summed E-state index contributed by atoms with van der Waals surface area (Å²) in [6.07, 6.45) is 7.98. The Bertz CT molecular complexity index is 620. The number of hydrogen-bond donors (Lipinski definition) is 0. The molecule has 4 fully saturated rings. The molecule has 4 nitrogen and oxygen atoms in total. The van der Waals surface area contributed by atoms with Gasteiger partial charge in [0.1, 0.15) is 17.6 Å². The SMILES string of the molecule is CCC1(OC(=O)COc2ccc(C=O)cc2)C2CC3CC(C2)CC1C3. The number of aldehydes is 1. The van der Waals surface area contributed by atoms with E-state index in [2.05, 4.69) is 6.92 Å². The summed E-state index contributed by atoms with van der Waals surface area (Å²) >= 11 is 0. The lowest BCUT2D eigenvalue weighted by atomic mass is 9.49. The molecule has 4 saturated carbocycles. The van der Waals surface area contributed by atoms with Crippen molar-refractivity contribution in [3.05, 3.63) is 29.8 Å². The molecule has 0 amide bonds. The van der Waals surface area contributed by atoms with E-state index in [4.69, 9.17) is 9.47 Å². The third kappa shape index (κ3) is 2.96. The second-order valence-corrected chi connectivity index (χ2v) is 8.06. The molecule has 134 valence electrons. The zero-order valence-corrected chi connectivity index (χ0v) is 14.8. The lowest BCUT2D eigenvalue weighted by Gasteiger charge is -2.60. The van der Waals surface area contributed by atoms with Crippen molar-refractivity contribution in [2.24, 2.45) is 23.7 Å². The Morgan fingerprint density at radius 1 is 1.08 bits per heavy atom. The number of rotatable bonds is 6. The highest BCUT2D eigenvalue weighted by molar-refractivity contribution is 5.75. The van der Waals surface area contributed by atoms with Crippen LogP contribution in [0.5, 0.6) is 5.75 Å². The lowest BCUT2D eigenvalue weighted by Crippen LogP contribution is -2.59. The van der Waals surface area contributed by atoms with Gasteiger partial charge in [-0.25, -0.2) is 4.79 Å². The summed E-state index contributed by atoms with van der Waals surface area (Å²) in [7, 11) is 0. The van der Waals surface area contributed by atoms with Crippen LogP contribution in [0.2, 0.25) is 0 Å². The summed E-state index contributed by atoms with van der Waals surface area (Å²) < 4.78 is 11.7. The first-order chi connectivity index (χ1) is 12.1. The maximum atomic E-state index is 12.5. The summed E-state index contributed by atoms with van der Waals surface area (Å²) in [4.78, 5) is 23.2. The van der Waals surface area contributed by atoms with E-state index in [-0.39, 0.29) is 18.2 Å². The van der Waals surface area contributed by atoms with Crippen LogP contribution in [0.25, 0.3) is 0 Å². The molecule has 0 radical (unpaired) electrons. The van der Waals surface area contributed by atoms with Crippen molar-refractivity contribution in [1.29, 1.82) is 0 Å². The molecule has 0 aliphatic heterocycles. The fraction of sp³-hybridized carbons (Fsp3) is 0.619. The van der Waals surface area contributed by atoms with Crippen molar-refractivity contribution in [1.82, 2.24) is 0 Å². The molecular formula is C21H26O4. The van der Waals surface area contributed by atoms with Crippen LogP contribution in [0.15, 0.2) is 24.3 Å². The summed E-state index contributed by atoms with van der Waals surface area (Å²) in [5.74, 6) is 3.09. The van der Waals surface area contributed by atoms with Gasteiger partial charge >= 0.3 is 5.97 Å². The molecule has 0 aromatic heterocycles. The molecule has 0 atom stereocenters. The second kappa shape index (κ2) is 6.47. The van der Waals surface area contributed by atoms with E-state index >= 15 is 0 Å². The highest BCUT2D eigenvalue weighted by Gasteiger charge is 2.58. The van der Waals surface area contributed by atoms with E-state index < -0.39 is 0 Å². The van der Waals surface area contributed by atoms with Crippen molar-refractivity contribution in [2.45, 2.75) is 51.0 Å². The average Bonchev–Trinajstić information content (AvgIpc) is 2.63. The van der Waals surface area contributed by atoms with E-state index in [0.717, 1.165) is 24.5 Å². The number of ether oxygens (including phenoxy) is 2. The van der Waals surface area contributed by atoms with Crippen molar-refractivity contribution in [3.63, 3.8) is 0 Å². The molecule has 25 heavy (non-hydrogen) atoms. The van der Waals surface area contributed by atoms with Gasteiger partial charge in [-0.15, -0.1) is 0 Å². The molecule has 0 unspecified atom stereocenters. The molecule has 4 bridgehead atoms. The molecule has 5 rings (SSSR count). The Morgan fingerprint density at radius 2 is 1.68 bits per heavy atom. The number of carbonyl (C=O) groups is 2. The monoisotopic (exact) mass is 342 g/mol. The first kappa shape index (κ1) is 16.6. The van der Waals surface area contributed by atoms with Crippen LogP contribution in [0.1, 0.15) is 55.8 Å². The molecule has 0 N–H and O–H groups in total. The van der Waals surface area contributed by atoms with Crippen LogP contribution in [-0.4, -0.2) is 24.5 Å². The van der Waals surface area contributed by atoms with Gasteiger partial charge in [0.05, 0.1) is 0 Å². The fourth-order valence-electron chi connectivity index (χ4n) is 5.82. The normalized spacial score (nSPS) is 35.4. The van der Waals surface area contributed by atoms with E-state index in [1.54, 1.807) is 24.3 Å². The average molecular weight is 342 g/mol. The predicted octanol–water partition coefficient (Wildman–Crippen LogP) is 4.03. The fourth-order valence-corrected chi connectivity index (χ4v) is 5.82. The largest absolute Gasteiger partial charge is 0.482 e. The van der Waals surface area contributed by atoms with Crippen LogP contribution >= 0.6 is 0 Å².